The van der Waals surface area contributed by atoms with Crippen LogP contribution in [0.15, 0.2) is 0 Å². The molecule has 0 aromatic heterocycles. The molecule has 1 heterocycles. The summed E-state index contributed by atoms with van der Waals surface area (Å²) in [6.07, 6.45) is 0.883. The van der Waals surface area contributed by atoms with E-state index >= 15 is 0 Å². The van der Waals surface area contributed by atoms with Crippen molar-refractivity contribution in [2.24, 2.45) is 5.92 Å². The van der Waals surface area contributed by atoms with Gasteiger partial charge in [-0.15, -0.1) is 0 Å². The van der Waals surface area contributed by atoms with Crippen molar-refractivity contribution in [2.75, 3.05) is 20.3 Å². The van der Waals surface area contributed by atoms with Crippen molar-refractivity contribution in [1.29, 1.82) is 0 Å². The van der Waals surface area contributed by atoms with Crippen LogP contribution in [0, 0.1) is 5.92 Å². The van der Waals surface area contributed by atoms with Crippen LogP contribution in [-0.4, -0.2) is 37.9 Å². The first kappa shape index (κ1) is 13.0. The second-order valence-electron chi connectivity index (χ2n) is 4.35. The third-order valence-electron chi connectivity index (χ3n) is 2.47. The molecule has 1 unspecified atom stereocenters. The van der Waals surface area contributed by atoms with Gasteiger partial charge in [0.05, 0.1) is 12.5 Å². The van der Waals surface area contributed by atoms with Crippen molar-refractivity contribution in [1.82, 2.24) is 0 Å². The van der Waals surface area contributed by atoms with E-state index in [0.29, 0.717) is 12.8 Å². The van der Waals surface area contributed by atoms with Gasteiger partial charge in [0.1, 0.15) is 6.61 Å². The number of hydrogen-bond acceptors (Lipinski definition) is 5. The van der Waals surface area contributed by atoms with Crippen LogP contribution in [0.1, 0.15) is 26.7 Å². The van der Waals surface area contributed by atoms with Crippen LogP contribution in [-0.2, 0) is 23.8 Å². The lowest BCUT2D eigenvalue weighted by Crippen LogP contribution is -2.40. The Morgan fingerprint density at radius 1 is 1.50 bits per heavy atom. The van der Waals surface area contributed by atoms with Gasteiger partial charge in [-0.1, -0.05) is 13.8 Å². The maximum absolute atomic E-state index is 11.3. The molecule has 0 radical (unpaired) electrons. The molecule has 0 spiro atoms. The van der Waals surface area contributed by atoms with Crippen LogP contribution >= 0.6 is 0 Å². The fourth-order valence-corrected chi connectivity index (χ4v) is 1.55. The summed E-state index contributed by atoms with van der Waals surface area (Å²) in [4.78, 5) is 22.4. The van der Waals surface area contributed by atoms with Crippen molar-refractivity contribution in [2.45, 2.75) is 32.3 Å². The molecular weight excluding hydrogens is 212 g/mol. The first-order chi connectivity index (χ1) is 7.49. The Kier molecular flexibility index (Phi) is 4.29. The lowest BCUT2D eigenvalue weighted by molar-refractivity contribution is -0.169. The summed E-state index contributed by atoms with van der Waals surface area (Å²) >= 11 is 0. The van der Waals surface area contributed by atoms with Gasteiger partial charge < -0.3 is 14.2 Å². The van der Waals surface area contributed by atoms with Crippen molar-refractivity contribution in [3.8, 4) is 0 Å². The lowest BCUT2D eigenvalue weighted by Gasteiger charge is -2.26. The quantitative estimate of drug-likeness (QED) is 0.657. The van der Waals surface area contributed by atoms with E-state index in [0.717, 1.165) is 0 Å². The van der Waals surface area contributed by atoms with Crippen LogP contribution in [0.4, 0.5) is 0 Å². The highest BCUT2D eigenvalue weighted by molar-refractivity contribution is 5.73. The van der Waals surface area contributed by atoms with Crippen molar-refractivity contribution in [3.05, 3.63) is 0 Å². The fraction of sp³-hybridized carbons (Fsp3) is 0.818. The average molecular weight is 230 g/mol. The number of rotatable bonds is 5. The first-order valence-corrected chi connectivity index (χ1v) is 5.36. The summed E-state index contributed by atoms with van der Waals surface area (Å²) in [5.74, 6) is -0.743. The number of esters is 2. The molecule has 0 aromatic carbocycles. The molecule has 0 saturated carbocycles. The standard InChI is InChI=1S/C11H18O5/c1-8(2)10(13)15-7-11(6-14-3)5-4-9(12)16-11/h8H,4-7H2,1-3H3. The lowest BCUT2D eigenvalue weighted by atomic mass is 10.0. The van der Waals surface area contributed by atoms with Gasteiger partial charge in [-0.25, -0.2) is 0 Å². The van der Waals surface area contributed by atoms with E-state index in [9.17, 15) is 9.59 Å². The molecule has 5 heteroatoms. The van der Waals surface area contributed by atoms with Crippen molar-refractivity contribution in [3.63, 3.8) is 0 Å². The number of carbonyl (C=O) groups excluding carboxylic acids is 2. The largest absolute Gasteiger partial charge is 0.461 e. The van der Waals surface area contributed by atoms with E-state index < -0.39 is 5.60 Å². The monoisotopic (exact) mass is 230 g/mol. The van der Waals surface area contributed by atoms with Crippen LogP contribution in [0.5, 0.6) is 0 Å². The Bertz CT molecular complexity index is 274. The van der Waals surface area contributed by atoms with Crippen molar-refractivity contribution >= 4 is 11.9 Å². The molecule has 16 heavy (non-hydrogen) atoms. The molecule has 0 aromatic rings. The molecule has 92 valence electrons. The van der Waals surface area contributed by atoms with E-state index in [1.807, 2.05) is 0 Å². The van der Waals surface area contributed by atoms with Gasteiger partial charge in [0.15, 0.2) is 5.60 Å². The Morgan fingerprint density at radius 3 is 2.62 bits per heavy atom. The molecule has 1 atom stereocenters. The normalized spacial score (nSPS) is 24.6. The summed E-state index contributed by atoms with van der Waals surface area (Å²) < 4.78 is 15.3. The van der Waals surface area contributed by atoms with E-state index in [4.69, 9.17) is 14.2 Å². The number of hydrogen-bond donors (Lipinski definition) is 0. The van der Waals surface area contributed by atoms with Gasteiger partial charge in [-0.3, -0.25) is 9.59 Å². The highest BCUT2D eigenvalue weighted by atomic mass is 16.6. The zero-order valence-corrected chi connectivity index (χ0v) is 9.95. The van der Waals surface area contributed by atoms with E-state index in [1.165, 1.54) is 7.11 Å². The van der Waals surface area contributed by atoms with Gasteiger partial charge in [0.25, 0.3) is 0 Å². The minimum absolute atomic E-state index is 0.0730. The number of cyclic esters (lactones) is 1. The third kappa shape index (κ3) is 3.20. The fourth-order valence-electron chi connectivity index (χ4n) is 1.55. The first-order valence-electron chi connectivity index (χ1n) is 5.36. The van der Waals surface area contributed by atoms with Crippen LogP contribution in [0.3, 0.4) is 0 Å². The maximum Gasteiger partial charge on any atom is 0.308 e. The predicted molar refractivity (Wildman–Crippen MR) is 55.7 cm³/mol. The molecule has 0 bridgehead atoms. The molecular formula is C11H18O5. The molecule has 1 rings (SSSR count). The summed E-state index contributed by atoms with van der Waals surface area (Å²) in [6.45, 7) is 3.84. The predicted octanol–water partition coefficient (Wildman–Crippen LogP) is 0.908. The number of methoxy groups -OCH3 is 1. The minimum atomic E-state index is -0.781. The second-order valence-corrected chi connectivity index (χ2v) is 4.35. The average Bonchev–Trinajstić information content (AvgIpc) is 2.58. The Labute approximate surface area is 95.0 Å². The van der Waals surface area contributed by atoms with Gasteiger partial charge in [-0.05, 0) is 0 Å². The molecule has 0 N–H and O–H groups in total. The van der Waals surface area contributed by atoms with Gasteiger partial charge in [0.2, 0.25) is 0 Å². The molecule has 0 amide bonds. The van der Waals surface area contributed by atoms with Gasteiger partial charge in [0, 0.05) is 20.0 Å². The molecule has 1 fully saturated rings. The summed E-state index contributed by atoms with van der Waals surface area (Å²) in [5.41, 5.74) is -0.781. The highest BCUT2D eigenvalue weighted by Crippen LogP contribution is 2.27. The van der Waals surface area contributed by atoms with Crippen molar-refractivity contribution < 1.29 is 23.8 Å². The van der Waals surface area contributed by atoms with E-state index in [-0.39, 0.29) is 31.1 Å². The Hall–Kier alpha value is -1.10. The Balaban J connectivity index is 2.52. The van der Waals surface area contributed by atoms with E-state index in [2.05, 4.69) is 0 Å². The van der Waals surface area contributed by atoms with Crippen LogP contribution < -0.4 is 0 Å². The number of ether oxygens (including phenoxy) is 3. The smallest absolute Gasteiger partial charge is 0.308 e. The molecule has 1 saturated heterocycles. The van der Waals surface area contributed by atoms with Crippen LogP contribution in [0.25, 0.3) is 0 Å². The molecule has 5 nitrogen and oxygen atoms in total. The third-order valence-corrected chi connectivity index (χ3v) is 2.47. The summed E-state index contributed by atoms with van der Waals surface area (Å²) in [6, 6.07) is 0. The molecule has 1 aliphatic heterocycles. The van der Waals surface area contributed by atoms with E-state index in [1.54, 1.807) is 13.8 Å². The maximum atomic E-state index is 11.3. The Morgan fingerprint density at radius 2 is 2.19 bits per heavy atom. The number of carbonyl (C=O) groups is 2. The zero-order chi connectivity index (χ0) is 12.2. The molecule has 0 aliphatic carbocycles. The minimum Gasteiger partial charge on any atom is -0.461 e. The topological polar surface area (TPSA) is 61.8 Å². The zero-order valence-electron chi connectivity index (χ0n) is 9.95. The van der Waals surface area contributed by atoms with Gasteiger partial charge >= 0.3 is 11.9 Å². The molecule has 1 aliphatic rings. The second kappa shape index (κ2) is 5.30. The van der Waals surface area contributed by atoms with Crippen LogP contribution in [0.2, 0.25) is 0 Å². The van der Waals surface area contributed by atoms with Gasteiger partial charge in [-0.2, -0.15) is 0 Å². The SMILES string of the molecule is COCC1(COC(=O)C(C)C)CCC(=O)O1. The highest BCUT2D eigenvalue weighted by Gasteiger charge is 2.42. The summed E-state index contributed by atoms with van der Waals surface area (Å²) in [5, 5.41) is 0. The summed E-state index contributed by atoms with van der Waals surface area (Å²) in [7, 11) is 1.53.